The molecular weight excluding hydrogens is 324 g/mol. The predicted molar refractivity (Wildman–Crippen MR) is 80.0 cm³/mol. The zero-order valence-corrected chi connectivity index (χ0v) is 13.0. The molecule has 1 unspecified atom stereocenters. The number of anilines is 1. The van der Waals surface area contributed by atoms with Crippen LogP contribution in [-0.4, -0.2) is 17.3 Å². The van der Waals surface area contributed by atoms with Gasteiger partial charge in [0.15, 0.2) is 0 Å². The van der Waals surface area contributed by atoms with Crippen molar-refractivity contribution in [3.8, 4) is 6.07 Å². The van der Waals surface area contributed by atoms with E-state index < -0.39 is 0 Å². The van der Waals surface area contributed by atoms with E-state index in [1.54, 1.807) is 16.2 Å². The van der Waals surface area contributed by atoms with Crippen molar-refractivity contribution in [1.82, 2.24) is 0 Å². The first kappa shape index (κ1) is 13.1. The second kappa shape index (κ2) is 5.26. The first-order valence-electron chi connectivity index (χ1n) is 6.69. The summed E-state index contributed by atoms with van der Waals surface area (Å²) in [6.07, 6.45) is 6.20. The number of carbonyl (C=O) groups is 1. The number of nitrogens with zero attached hydrogens (tertiary/aromatic N) is 2. The van der Waals surface area contributed by atoms with Crippen molar-refractivity contribution in [3.63, 3.8) is 0 Å². The molecule has 1 aromatic rings. The Morgan fingerprint density at radius 1 is 1.32 bits per heavy atom. The molecule has 1 saturated heterocycles. The molecule has 2 aliphatic rings. The molecule has 0 bridgehead atoms. The number of fused-ring (bicyclic) bond motifs is 1. The molecule has 1 atom stereocenters. The van der Waals surface area contributed by atoms with E-state index in [4.69, 9.17) is 0 Å². The molecule has 100 valence electrons. The third-order valence-corrected chi connectivity index (χ3v) is 5.77. The van der Waals surface area contributed by atoms with Crippen molar-refractivity contribution in [2.24, 2.45) is 0 Å². The van der Waals surface area contributed by atoms with Gasteiger partial charge in [-0.15, -0.1) is 11.3 Å². The number of aryl methyl sites for hydroxylation is 1. The average molecular weight is 339 g/mol. The molecule has 3 nitrogen and oxygen atoms in total. The minimum atomic E-state index is 0.134. The maximum Gasteiger partial charge on any atom is 0.228 e. The van der Waals surface area contributed by atoms with Gasteiger partial charge in [0.25, 0.3) is 0 Å². The smallest absolute Gasteiger partial charge is 0.228 e. The number of halogens is 1. The average Bonchev–Trinajstić information content (AvgIpc) is 2.80. The highest BCUT2D eigenvalue weighted by molar-refractivity contribution is 9.09. The first-order chi connectivity index (χ1) is 9.20. The van der Waals surface area contributed by atoms with Crippen LogP contribution in [0.2, 0.25) is 0 Å². The Hall–Kier alpha value is -0.860. The molecule has 0 radical (unpaired) electrons. The molecule has 1 aliphatic heterocycles. The zero-order valence-electron chi connectivity index (χ0n) is 10.6. The van der Waals surface area contributed by atoms with Gasteiger partial charge in [-0.1, -0.05) is 22.4 Å². The molecule has 1 aromatic heterocycles. The van der Waals surface area contributed by atoms with Crippen LogP contribution in [0.25, 0.3) is 0 Å². The van der Waals surface area contributed by atoms with Crippen LogP contribution in [0.1, 0.15) is 41.7 Å². The number of alkyl halides is 1. The lowest BCUT2D eigenvalue weighted by atomic mass is 10.1. The molecular formula is C14H15BrN2OS. The summed E-state index contributed by atoms with van der Waals surface area (Å²) in [6, 6.07) is 2.34. The quantitative estimate of drug-likeness (QED) is 0.581. The van der Waals surface area contributed by atoms with E-state index in [2.05, 4.69) is 22.0 Å². The lowest BCUT2D eigenvalue weighted by Gasteiger charge is -2.14. The summed E-state index contributed by atoms with van der Waals surface area (Å²) in [5, 5.41) is 10.4. The van der Waals surface area contributed by atoms with Crippen LogP contribution < -0.4 is 4.90 Å². The number of carbonyl (C=O) groups excluding carboxylic acids is 1. The standard InChI is InChI=1S/C14H15BrN2OS/c15-9-6-13(18)17(8-9)14-11(7-16)10-4-2-1-3-5-12(10)19-14/h9H,1-6,8H2. The predicted octanol–water partition coefficient (Wildman–Crippen LogP) is 3.39. The van der Waals surface area contributed by atoms with E-state index >= 15 is 0 Å². The van der Waals surface area contributed by atoms with Crippen LogP contribution in [0.4, 0.5) is 5.00 Å². The highest BCUT2D eigenvalue weighted by Gasteiger charge is 2.33. The molecule has 3 rings (SSSR count). The maximum atomic E-state index is 12.0. The molecule has 5 heteroatoms. The number of amides is 1. The van der Waals surface area contributed by atoms with E-state index in [-0.39, 0.29) is 10.7 Å². The third kappa shape index (κ3) is 2.32. The number of nitriles is 1. The Kier molecular flexibility index (Phi) is 3.64. The van der Waals surface area contributed by atoms with Crippen molar-refractivity contribution in [1.29, 1.82) is 5.26 Å². The molecule has 1 amide bonds. The van der Waals surface area contributed by atoms with Gasteiger partial charge < -0.3 is 4.90 Å². The van der Waals surface area contributed by atoms with Crippen molar-refractivity contribution in [2.75, 3.05) is 11.4 Å². The van der Waals surface area contributed by atoms with Crippen molar-refractivity contribution in [3.05, 3.63) is 16.0 Å². The van der Waals surface area contributed by atoms with Gasteiger partial charge in [-0.25, -0.2) is 0 Å². The second-order valence-corrected chi connectivity index (χ2v) is 7.54. The molecule has 2 heterocycles. The SMILES string of the molecule is N#Cc1c(N2CC(Br)CC2=O)sc2c1CCCCC2. The molecule has 0 spiro atoms. The van der Waals surface area contributed by atoms with Gasteiger partial charge >= 0.3 is 0 Å². The van der Waals surface area contributed by atoms with Crippen LogP contribution in [0.15, 0.2) is 0 Å². The van der Waals surface area contributed by atoms with E-state index in [9.17, 15) is 10.1 Å². The van der Waals surface area contributed by atoms with Gasteiger partial charge in [0.1, 0.15) is 11.1 Å². The van der Waals surface area contributed by atoms with Crippen LogP contribution in [0.5, 0.6) is 0 Å². The normalized spacial score (nSPS) is 23.1. The van der Waals surface area contributed by atoms with Gasteiger partial charge in [-0.05, 0) is 31.2 Å². The van der Waals surface area contributed by atoms with Gasteiger partial charge in [0, 0.05) is 22.7 Å². The molecule has 0 aromatic carbocycles. The summed E-state index contributed by atoms with van der Waals surface area (Å²) in [5.74, 6) is 0.134. The molecule has 0 N–H and O–H groups in total. The fraction of sp³-hybridized carbons (Fsp3) is 0.571. The van der Waals surface area contributed by atoms with Crippen LogP contribution in [0, 0.1) is 11.3 Å². The maximum absolute atomic E-state index is 12.0. The molecule has 1 fully saturated rings. The fourth-order valence-corrected chi connectivity index (χ4v) is 4.83. The summed E-state index contributed by atoms with van der Waals surface area (Å²) >= 11 is 5.17. The minimum Gasteiger partial charge on any atom is -0.302 e. The lowest BCUT2D eigenvalue weighted by Crippen LogP contribution is -2.24. The van der Waals surface area contributed by atoms with Crippen molar-refractivity contribution >= 4 is 38.2 Å². The molecule has 0 saturated carbocycles. The number of rotatable bonds is 1. The van der Waals surface area contributed by atoms with Crippen LogP contribution in [-0.2, 0) is 17.6 Å². The summed E-state index contributed by atoms with van der Waals surface area (Å²) < 4.78 is 0. The highest BCUT2D eigenvalue weighted by Crippen LogP contribution is 2.41. The first-order valence-corrected chi connectivity index (χ1v) is 8.43. The van der Waals surface area contributed by atoms with Crippen molar-refractivity contribution in [2.45, 2.75) is 43.4 Å². The summed E-state index contributed by atoms with van der Waals surface area (Å²) in [4.78, 5) is 15.4. The Morgan fingerprint density at radius 3 is 2.79 bits per heavy atom. The molecule has 1 aliphatic carbocycles. The number of hydrogen-bond acceptors (Lipinski definition) is 3. The van der Waals surface area contributed by atoms with Gasteiger partial charge in [0.05, 0.1) is 5.56 Å². The van der Waals surface area contributed by atoms with E-state index in [0.717, 1.165) is 29.8 Å². The Labute approximate surface area is 125 Å². The van der Waals surface area contributed by atoms with Crippen molar-refractivity contribution < 1.29 is 4.79 Å². The Balaban J connectivity index is 2.03. The molecule has 19 heavy (non-hydrogen) atoms. The zero-order chi connectivity index (χ0) is 13.4. The Bertz CT molecular complexity index is 561. The van der Waals surface area contributed by atoms with E-state index in [1.165, 1.54) is 23.3 Å². The van der Waals surface area contributed by atoms with E-state index in [1.807, 2.05) is 0 Å². The monoisotopic (exact) mass is 338 g/mol. The topological polar surface area (TPSA) is 44.1 Å². The lowest BCUT2D eigenvalue weighted by molar-refractivity contribution is -0.116. The number of hydrogen-bond donors (Lipinski definition) is 0. The summed E-state index contributed by atoms with van der Waals surface area (Å²) in [5.41, 5.74) is 1.97. The Morgan fingerprint density at radius 2 is 2.11 bits per heavy atom. The summed E-state index contributed by atoms with van der Waals surface area (Å²) in [6.45, 7) is 0.687. The van der Waals surface area contributed by atoms with Crippen LogP contribution in [0.3, 0.4) is 0 Å². The highest BCUT2D eigenvalue weighted by atomic mass is 79.9. The fourth-order valence-electron chi connectivity index (χ4n) is 2.89. The van der Waals surface area contributed by atoms with Gasteiger partial charge in [-0.3, -0.25) is 4.79 Å². The summed E-state index contributed by atoms with van der Waals surface area (Å²) in [7, 11) is 0. The third-order valence-electron chi connectivity index (χ3n) is 3.84. The number of thiophene rings is 1. The van der Waals surface area contributed by atoms with Crippen LogP contribution >= 0.6 is 27.3 Å². The minimum absolute atomic E-state index is 0.134. The second-order valence-electron chi connectivity index (χ2n) is 5.16. The van der Waals surface area contributed by atoms with Gasteiger partial charge in [-0.2, -0.15) is 5.26 Å². The van der Waals surface area contributed by atoms with E-state index in [0.29, 0.717) is 13.0 Å². The van der Waals surface area contributed by atoms with Gasteiger partial charge in [0.2, 0.25) is 5.91 Å². The largest absolute Gasteiger partial charge is 0.302 e.